The summed E-state index contributed by atoms with van der Waals surface area (Å²) in [4.78, 5) is 3.80. The molecule has 0 radical (unpaired) electrons. The molecule has 0 saturated carbocycles. The lowest BCUT2D eigenvalue weighted by atomic mass is 10.1. The van der Waals surface area contributed by atoms with Crippen LogP contribution in [0.25, 0.3) is 0 Å². The summed E-state index contributed by atoms with van der Waals surface area (Å²) in [5.41, 5.74) is -1.17. The first-order chi connectivity index (χ1) is 7.00. The molecule has 0 aliphatic rings. The van der Waals surface area contributed by atoms with Crippen LogP contribution in [0.1, 0.15) is 17.4 Å². The van der Waals surface area contributed by atoms with Crippen LogP contribution in [-0.4, -0.2) is 12.4 Å². The van der Waals surface area contributed by atoms with E-state index in [9.17, 15) is 13.2 Å². The van der Waals surface area contributed by atoms with Crippen molar-refractivity contribution in [2.45, 2.75) is 12.5 Å². The Morgan fingerprint density at radius 2 is 1.87 bits per heavy atom. The zero-order chi connectivity index (χ0) is 11.5. The molecule has 0 heterocycles. The van der Waals surface area contributed by atoms with Gasteiger partial charge in [-0.2, -0.15) is 13.2 Å². The van der Waals surface area contributed by atoms with Gasteiger partial charge in [0.25, 0.3) is 0 Å². The van der Waals surface area contributed by atoms with E-state index in [1.807, 2.05) is 0 Å². The van der Waals surface area contributed by atoms with E-state index in [1.54, 1.807) is 0 Å². The number of hydrogen-bond donors (Lipinski definition) is 1. The van der Waals surface area contributed by atoms with Gasteiger partial charge in [-0.3, -0.25) is 0 Å². The van der Waals surface area contributed by atoms with E-state index in [4.69, 9.17) is 5.26 Å². The molecule has 1 unspecified atom stereocenters. The summed E-state index contributed by atoms with van der Waals surface area (Å²) in [5.74, 6) is 0. The minimum Gasteiger partial charge on any atom is -0.349 e. The van der Waals surface area contributed by atoms with Crippen LogP contribution < -0.4 is 0 Å². The van der Waals surface area contributed by atoms with E-state index in [2.05, 4.69) is 9.62 Å². The Kier molecular flexibility index (Phi) is 3.67. The van der Waals surface area contributed by atoms with Crippen LogP contribution in [0.5, 0.6) is 0 Å². The minimum atomic E-state index is -4.51. The maximum Gasteiger partial charge on any atom is 0.416 e. The van der Waals surface area contributed by atoms with Gasteiger partial charge in [0.2, 0.25) is 6.29 Å². The number of benzene rings is 1. The fourth-order valence-electron chi connectivity index (χ4n) is 1.19. The van der Waals surface area contributed by atoms with Crippen molar-refractivity contribution < 1.29 is 28.1 Å². The van der Waals surface area contributed by atoms with E-state index in [1.165, 1.54) is 18.2 Å². The molecule has 0 aromatic heterocycles. The summed E-state index contributed by atoms with van der Waals surface area (Å²) in [6.07, 6.45) is -5.95. The van der Waals surface area contributed by atoms with Crippen LogP contribution in [-0.2, 0) is 15.8 Å². The van der Waals surface area contributed by atoms with Gasteiger partial charge in [-0.1, -0.05) is 18.2 Å². The number of alkyl halides is 3. The Morgan fingerprint density at radius 1 is 1.27 bits per heavy atom. The number of methoxy groups -OCH3 is 1. The molecule has 1 atom stereocenters. The fourth-order valence-corrected chi connectivity index (χ4v) is 1.19. The standard InChI is InChI=1S/C9H9F3O3/c1-14-8(15-13)6-4-2-3-5-7(6)9(10,11)12/h2-5,8,13H,1H3. The highest BCUT2D eigenvalue weighted by molar-refractivity contribution is 5.30. The molecule has 1 N–H and O–H groups in total. The van der Waals surface area contributed by atoms with Gasteiger partial charge in [0.05, 0.1) is 5.56 Å². The lowest BCUT2D eigenvalue weighted by Crippen LogP contribution is -2.14. The molecule has 84 valence electrons. The maximum atomic E-state index is 12.5. The lowest BCUT2D eigenvalue weighted by Gasteiger charge is -2.17. The molecule has 1 aromatic rings. The van der Waals surface area contributed by atoms with Gasteiger partial charge in [0.1, 0.15) is 0 Å². The molecule has 15 heavy (non-hydrogen) atoms. The lowest BCUT2D eigenvalue weighted by molar-refractivity contribution is -0.346. The Morgan fingerprint density at radius 3 is 2.33 bits per heavy atom. The third-order valence-electron chi connectivity index (χ3n) is 1.83. The summed E-state index contributed by atoms with van der Waals surface area (Å²) in [7, 11) is 1.13. The van der Waals surface area contributed by atoms with Gasteiger partial charge >= 0.3 is 6.18 Å². The highest BCUT2D eigenvalue weighted by Gasteiger charge is 2.35. The minimum absolute atomic E-state index is 0.269. The van der Waals surface area contributed by atoms with Crippen molar-refractivity contribution in [1.29, 1.82) is 0 Å². The highest BCUT2D eigenvalue weighted by atomic mass is 19.4. The second-order valence-electron chi connectivity index (χ2n) is 2.76. The van der Waals surface area contributed by atoms with Gasteiger partial charge < -0.3 is 4.74 Å². The van der Waals surface area contributed by atoms with E-state index in [0.29, 0.717) is 0 Å². The highest BCUT2D eigenvalue weighted by Crippen LogP contribution is 2.35. The average Bonchev–Trinajstić information content (AvgIpc) is 2.19. The van der Waals surface area contributed by atoms with Crippen molar-refractivity contribution in [1.82, 2.24) is 0 Å². The van der Waals surface area contributed by atoms with Crippen LogP contribution in [0.4, 0.5) is 13.2 Å². The summed E-state index contributed by atoms with van der Waals surface area (Å²) in [5, 5.41) is 8.38. The third kappa shape index (κ3) is 2.68. The number of halogens is 3. The molecule has 1 aromatic carbocycles. The molecule has 1 rings (SSSR count). The van der Waals surface area contributed by atoms with Crippen molar-refractivity contribution >= 4 is 0 Å². The second-order valence-corrected chi connectivity index (χ2v) is 2.76. The summed E-state index contributed by atoms with van der Waals surface area (Å²) < 4.78 is 42.0. The molecule has 6 heteroatoms. The van der Waals surface area contributed by atoms with Crippen LogP contribution in [0.15, 0.2) is 24.3 Å². The molecule has 0 bridgehead atoms. The van der Waals surface area contributed by atoms with Crippen molar-refractivity contribution in [3.05, 3.63) is 35.4 Å². The smallest absolute Gasteiger partial charge is 0.349 e. The monoisotopic (exact) mass is 222 g/mol. The van der Waals surface area contributed by atoms with Gasteiger partial charge in [-0.05, 0) is 6.07 Å². The predicted molar refractivity (Wildman–Crippen MR) is 44.9 cm³/mol. The molecule has 0 spiro atoms. The second kappa shape index (κ2) is 4.61. The van der Waals surface area contributed by atoms with Gasteiger partial charge in [-0.25, -0.2) is 10.1 Å². The van der Waals surface area contributed by atoms with Crippen LogP contribution in [0, 0.1) is 0 Å². The van der Waals surface area contributed by atoms with Crippen molar-refractivity contribution in [2.24, 2.45) is 0 Å². The Bertz CT molecular complexity index is 321. The number of rotatable bonds is 3. The first-order valence-corrected chi connectivity index (χ1v) is 4.00. The van der Waals surface area contributed by atoms with Gasteiger partial charge in [0.15, 0.2) is 0 Å². The molecular weight excluding hydrogens is 213 g/mol. The van der Waals surface area contributed by atoms with Crippen LogP contribution in [0.3, 0.4) is 0 Å². The Hall–Kier alpha value is -1.11. The zero-order valence-electron chi connectivity index (χ0n) is 7.78. The van der Waals surface area contributed by atoms with E-state index >= 15 is 0 Å². The number of hydrogen-bond acceptors (Lipinski definition) is 3. The normalized spacial score (nSPS) is 13.9. The average molecular weight is 222 g/mol. The maximum absolute atomic E-state index is 12.5. The molecule has 0 aliphatic carbocycles. The van der Waals surface area contributed by atoms with Crippen LogP contribution in [0.2, 0.25) is 0 Å². The SMILES string of the molecule is COC(OO)c1ccccc1C(F)(F)F. The molecule has 3 nitrogen and oxygen atoms in total. The largest absolute Gasteiger partial charge is 0.416 e. The molecule has 0 amide bonds. The molecular formula is C9H9F3O3. The van der Waals surface area contributed by atoms with Crippen LogP contribution >= 0.6 is 0 Å². The van der Waals surface area contributed by atoms with Gasteiger partial charge in [0, 0.05) is 12.7 Å². The van der Waals surface area contributed by atoms with Gasteiger partial charge in [-0.15, -0.1) is 0 Å². The predicted octanol–water partition coefficient (Wildman–Crippen LogP) is 2.84. The summed E-state index contributed by atoms with van der Waals surface area (Å²) >= 11 is 0. The molecule has 0 saturated heterocycles. The van der Waals surface area contributed by atoms with Crippen molar-refractivity contribution in [2.75, 3.05) is 7.11 Å². The molecule has 0 fully saturated rings. The Labute approximate surface area is 84.0 Å². The van der Waals surface area contributed by atoms with Crippen molar-refractivity contribution in [3.8, 4) is 0 Å². The molecule has 0 aliphatic heterocycles. The first kappa shape index (κ1) is 12.0. The first-order valence-electron chi connectivity index (χ1n) is 4.00. The summed E-state index contributed by atoms with van der Waals surface area (Å²) in [6, 6.07) is 4.71. The summed E-state index contributed by atoms with van der Waals surface area (Å²) in [6.45, 7) is 0. The number of ether oxygens (including phenoxy) is 1. The van der Waals surface area contributed by atoms with E-state index in [-0.39, 0.29) is 5.56 Å². The quantitative estimate of drug-likeness (QED) is 0.485. The fraction of sp³-hybridized carbons (Fsp3) is 0.333. The van der Waals surface area contributed by atoms with E-state index in [0.717, 1.165) is 13.2 Å². The topological polar surface area (TPSA) is 38.7 Å². The Balaban J connectivity index is 3.17. The zero-order valence-corrected chi connectivity index (χ0v) is 7.78. The van der Waals surface area contributed by atoms with Crippen molar-refractivity contribution in [3.63, 3.8) is 0 Å². The van der Waals surface area contributed by atoms with E-state index < -0.39 is 18.0 Å². The third-order valence-corrected chi connectivity index (χ3v) is 1.83.